The van der Waals surface area contributed by atoms with Crippen LogP contribution in [0.2, 0.25) is 5.28 Å². The summed E-state index contributed by atoms with van der Waals surface area (Å²) in [5.74, 6) is 5.00. The summed E-state index contributed by atoms with van der Waals surface area (Å²) >= 11 is 8.26. The number of thioether (sulfide) groups is 1. The molecule has 2 aliphatic rings. The van der Waals surface area contributed by atoms with Crippen LogP contribution in [0.25, 0.3) is 11.0 Å². The summed E-state index contributed by atoms with van der Waals surface area (Å²) in [5.41, 5.74) is 12.5. The molecule has 342 valence electrons. The molecule has 0 bridgehead atoms. The second kappa shape index (κ2) is 35.8. The van der Waals surface area contributed by atoms with Crippen LogP contribution < -0.4 is 50.7 Å². The van der Waals surface area contributed by atoms with E-state index in [1.54, 1.807) is 11.8 Å². The third-order valence-electron chi connectivity index (χ3n) is 9.37. The Hall–Kier alpha value is -1.52. The van der Waals surface area contributed by atoms with Gasteiger partial charge in [0.1, 0.15) is 24.8 Å². The molecule has 15 nitrogen and oxygen atoms in total. The maximum Gasteiger partial charge on any atom is 1.00 e. The van der Waals surface area contributed by atoms with E-state index in [0.717, 1.165) is 105 Å². The van der Waals surface area contributed by atoms with Gasteiger partial charge in [-0.3, -0.25) is 0 Å². The predicted octanol–water partition coefficient (Wildman–Crippen LogP) is 3.64. The van der Waals surface area contributed by atoms with E-state index in [1.807, 2.05) is 42.9 Å². The molecule has 0 spiro atoms. The number of aliphatic hydroxyl groups is 1. The van der Waals surface area contributed by atoms with Crippen LogP contribution in [-0.4, -0.2) is 134 Å². The zero-order valence-electron chi connectivity index (χ0n) is 37.7. The Bertz CT molecular complexity index is 1610. The Kier molecular flexibility index (Phi) is 34.9. The molecular weight excluding hydrogens is 852 g/mol. The van der Waals surface area contributed by atoms with Crippen molar-refractivity contribution >= 4 is 54.7 Å². The number of halogens is 1. The number of nitrogens with zero attached hydrogens (tertiary/aromatic N) is 5. The molecule has 2 aliphatic heterocycles. The van der Waals surface area contributed by atoms with Crippen molar-refractivity contribution in [3.05, 3.63) is 37.1 Å². The molecule has 0 radical (unpaired) electrons. The van der Waals surface area contributed by atoms with Gasteiger partial charge in [-0.15, -0.1) is 18.2 Å². The summed E-state index contributed by atoms with van der Waals surface area (Å²) in [7, 11) is 2.45. The number of aliphatic hydroxyl groups excluding tert-OH is 1. The topological polar surface area (TPSA) is 195 Å². The first kappa shape index (κ1) is 59.5. The molecule has 2 saturated heterocycles. The van der Waals surface area contributed by atoms with Gasteiger partial charge in [-0.25, -0.2) is 4.68 Å². The SMILES string of the molecule is C#CCOCCOCCOCCOCCOc1ccc(N)c(SCCCC2(CCC)CN(c3nc(Cl)nc4c3cnn4C3CCC(CCPO)O3)C2)c1.CC.CN.CO.[CH3-].[Na+]. The summed E-state index contributed by atoms with van der Waals surface area (Å²) in [6.07, 6.45) is 14.8. The number of nitrogens with two attached hydrogens (primary N) is 2. The number of nitrogen functional groups attached to an aromatic ring is 1. The van der Waals surface area contributed by atoms with Crippen molar-refractivity contribution in [2.45, 2.75) is 82.9 Å². The van der Waals surface area contributed by atoms with E-state index in [0.29, 0.717) is 65.1 Å². The second-order valence-corrected chi connectivity index (χ2v) is 15.6. The van der Waals surface area contributed by atoms with Gasteiger partial charge in [-0.1, -0.05) is 33.1 Å². The molecule has 2 aromatic heterocycles. The number of benzene rings is 1. The average molecular weight is 925 g/mol. The van der Waals surface area contributed by atoms with Crippen molar-refractivity contribution in [1.82, 2.24) is 19.7 Å². The van der Waals surface area contributed by atoms with Gasteiger partial charge in [-0.05, 0) is 87.3 Å². The van der Waals surface area contributed by atoms with Gasteiger partial charge in [-0.2, -0.15) is 15.1 Å². The van der Waals surface area contributed by atoms with Crippen LogP contribution in [0.3, 0.4) is 0 Å². The van der Waals surface area contributed by atoms with Gasteiger partial charge in [0.2, 0.25) is 5.28 Å². The molecule has 0 saturated carbocycles. The molecule has 5 rings (SSSR count). The minimum atomic E-state index is -0.188. The molecule has 4 heterocycles. The molecule has 0 aliphatic carbocycles. The molecule has 0 amide bonds. The fraction of sp³-hybridized carbons (Fsp3) is 0.667. The van der Waals surface area contributed by atoms with Gasteiger partial charge >= 0.3 is 29.6 Å². The summed E-state index contributed by atoms with van der Waals surface area (Å²) in [4.78, 5) is 21.8. The van der Waals surface area contributed by atoms with Crippen LogP contribution in [0.4, 0.5) is 11.5 Å². The average Bonchev–Trinajstić information content (AvgIpc) is 3.90. The fourth-order valence-corrected chi connectivity index (χ4v) is 8.45. The minimum Gasteiger partial charge on any atom is -0.491 e. The molecule has 1 aromatic carbocycles. The van der Waals surface area contributed by atoms with Crippen LogP contribution >= 0.6 is 32.2 Å². The van der Waals surface area contributed by atoms with E-state index in [-0.39, 0.29) is 68.8 Å². The molecule has 3 unspecified atom stereocenters. The summed E-state index contributed by atoms with van der Waals surface area (Å²) in [6.45, 7) is 12.2. The second-order valence-electron chi connectivity index (χ2n) is 13.3. The third kappa shape index (κ3) is 20.5. The van der Waals surface area contributed by atoms with E-state index in [9.17, 15) is 4.89 Å². The normalized spacial score (nSPS) is 16.2. The van der Waals surface area contributed by atoms with Crippen molar-refractivity contribution in [1.29, 1.82) is 0 Å². The van der Waals surface area contributed by atoms with E-state index < -0.39 is 0 Å². The van der Waals surface area contributed by atoms with Crippen molar-refractivity contribution in [2.24, 2.45) is 11.1 Å². The standard InChI is InChI=1S/C37H54ClN6O7PS.C2H6.CH5N.CH4O.CH3.Na/c1-3-11-37(26-43(27-37)34-30-25-40-44(35(30)42-36(38)41-34)33-9-7-28(51-33)10-22-52-45)12-5-23-53-32-24-29(6-8-31(32)39)50-21-20-49-19-18-48-17-16-47-15-14-46-13-4-2;3*1-2;;/h2,6,8,24-25,28,33,45,52H,3,5,7,9-23,26-27,39H2,1H3;1-2H3;2H2,1H3;2H,1H3;1H3;/q;;;;-1;+1. The number of hydrogen-bond acceptors (Lipinski definition) is 15. The fourth-order valence-electron chi connectivity index (χ4n) is 6.89. The predicted molar refractivity (Wildman–Crippen MR) is 247 cm³/mol. The van der Waals surface area contributed by atoms with E-state index in [4.69, 9.17) is 57.3 Å². The van der Waals surface area contributed by atoms with Gasteiger partial charge in [0, 0.05) is 45.0 Å². The Morgan fingerprint density at radius 3 is 2.26 bits per heavy atom. The number of fused-ring (bicyclic) bond motifs is 1. The Morgan fingerprint density at radius 1 is 1.00 bits per heavy atom. The number of anilines is 2. The van der Waals surface area contributed by atoms with Gasteiger partial charge in [0.25, 0.3) is 0 Å². The summed E-state index contributed by atoms with van der Waals surface area (Å²) in [6, 6.07) is 5.82. The van der Waals surface area contributed by atoms with Crippen LogP contribution in [0.15, 0.2) is 29.3 Å². The van der Waals surface area contributed by atoms with Crippen molar-refractivity contribution in [2.75, 3.05) is 109 Å². The van der Waals surface area contributed by atoms with Crippen molar-refractivity contribution < 1.29 is 68.0 Å². The van der Waals surface area contributed by atoms with Crippen LogP contribution in [0.1, 0.15) is 71.9 Å². The minimum absolute atomic E-state index is 0. The summed E-state index contributed by atoms with van der Waals surface area (Å²) < 4.78 is 35.7. The third-order valence-corrected chi connectivity index (χ3v) is 11.2. The Labute approximate surface area is 398 Å². The molecular formula is C42H72ClN7NaO8PS. The quantitative estimate of drug-likeness (QED) is 0.0133. The molecule has 3 aromatic rings. The maximum absolute atomic E-state index is 9.23. The monoisotopic (exact) mass is 923 g/mol. The first-order valence-electron chi connectivity index (χ1n) is 20.6. The van der Waals surface area contributed by atoms with E-state index in [1.165, 1.54) is 7.05 Å². The first-order chi connectivity index (χ1) is 28.9. The molecule has 6 N–H and O–H groups in total. The largest absolute Gasteiger partial charge is 1.00 e. The molecule has 19 heteroatoms. The van der Waals surface area contributed by atoms with Crippen LogP contribution in [-0.2, 0) is 23.7 Å². The van der Waals surface area contributed by atoms with Crippen molar-refractivity contribution in [3.63, 3.8) is 0 Å². The number of hydrogen-bond donors (Lipinski definition) is 4. The van der Waals surface area contributed by atoms with Gasteiger partial charge in [0.15, 0.2) is 11.9 Å². The zero-order valence-corrected chi connectivity index (χ0v) is 42.3. The van der Waals surface area contributed by atoms with Crippen molar-refractivity contribution in [3.8, 4) is 18.1 Å². The number of aromatic nitrogens is 4. The van der Waals surface area contributed by atoms with Gasteiger partial charge in [0.05, 0.1) is 63.9 Å². The van der Waals surface area contributed by atoms with Gasteiger partial charge < -0.3 is 62.2 Å². The Morgan fingerprint density at radius 2 is 1.64 bits per heavy atom. The van der Waals surface area contributed by atoms with Crippen LogP contribution in [0.5, 0.6) is 5.75 Å². The van der Waals surface area contributed by atoms with E-state index in [2.05, 4.69) is 38.5 Å². The smallest absolute Gasteiger partial charge is 0.491 e. The Balaban J connectivity index is 0.00000431. The number of ether oxygens (including phenoxy) is 6. The summed E-state index contributed by atoms with van der Waals surface area (Å²) in [5, 5.41) is 12.8. The first-order valence-corrected chi connectivity index (χ1v) is 23.1. The van der Waals surface area contributed by atoms with E-state index >= 15 is 0 Å². The zero-order chi connectivity index (χ0) is 43.3. The maximum atomic E-state index is 9.23. The molecule has 61 heavy (non-hydrogen) atoms. The van der Waals surface area contributed by atoms with Crippen LogP contribution in [0, 0.1) is 25.2 Å². The number of terminal acetylenes is 1. The molecule has 3 atom stereocenters. The number of rotatable bonds is 26. The molecule has 2 fully saturated rings.